The van der Waals surface area contributed by atoms with Crippen molar-refractivity contribution in [2.24, 2.45) is 5.92 Å². The number of benzene rings is 1. The number of aliphatic hydroxyl groups excluding tert-OH is 1. The van der Waals surface area contributed by atoms with Gasteiger partial charge in [-0.05, 0) is 38.7 Å². The van der Waals surface area contributed by atoms with Crippen LogP contribution < -0.4 is 10.9 Å². The molecule has 1 aromatic heterocycles. The standard InChI is InChI=1S/C19H21F2N3O6/c1-9(2)23-13-6-5-11(24(29)30)7-12(13)15(14(17(23)26)18(27)28)22-16(10-3-4-10)19(20,21)8-25/h5-7,9-10,16,22,25H,3-4,8H2,1-2H3,(H,27,28). The number of pyridine rings is 1. The number of nitrogens with one attached hydrogen (secondary N) is 1. The number of aromatic carboxylic acids is 1. The minimum atomic E-state index is -3.59. The number of aliphatic hydroxyl groups is 1. The van der Waals surface area contributed by atoms with Crippen LogP contribution in [0.25, 0.3) is 10.9 Å². The van der Waals surface area contributed by atoms with Crippen molar-refractivity contribution in [2.45, 2.75) is 44.7 Å². The van der Waals surface area contributed by atoms with Crippen molar-refractivity contribution in [1.82, 2.24) is 4.57 Å². The molecule has 9 nitrogen and oxygen atoms in total. The van der Waals surface area contributed by atoms with E-state index in [1.54, 1.807) is 13.8 Å². The molecule has 1 fully saturated rings. The fraction of sp³-hybridized carbons (Fsp3) is 0.474. The second kappa shape index (κ2) is 7.63. The van der Waals surface area contributed by atoms with Crippen molar-refractivity contribution < 1.29 is 28.7 Å². The lowest BCUT2D eigenvalue weighted by Crippen LogP contribution is -2.45. The number of carboxylic acid groups (broad SMARTS) is 1. The number of carboxylic acids is 1. The molecule has 0 saturated heterocycles. The molecule has 30 heavy (non-hydrogen) atoms. The van der Waals surface area contributed by atoms with E-state index in [4.69, 9.17) is 5.11 Å². The van der Waals surface area contributed by atoms with Gasteiger partial charge in [0.15, 0.2) is 0 Å². The molecule has 3 rings (SSSR count). The van der Waals surface area contributed by atoms with Crippen molar-refractivity contribution in [3.8, 4) is 0 Å². The van der Waals surface area contributed by atoms with Gasteiger partial charge in [-0.2, -0.15) is 0 Å². The second-order valence-electron chi connectivity index (χ2n) is 7.66. The van der Waals surface area contributed by atoms with E-state index in [9.17, 15) is 33.6 Å². The predicted molar refractivity (Wildman–Crippen MR) is 104 cm³/mol. The van der Waals surface area contributed by atoms with Gasteiger partial charge in [0.25, 0.3) is 17.2 Å². The van der Waals surface area contributed by atoms with Gasteiger partial charge in [-0.1, -0.05) is 0 Å². The number of nitrogens with zero attached hydrogens (tertiary/aromatic N) is 2. The number of aromatic nitrogens is 1. The van der Waals surface area contributed by atoms with E-state index in [1.807, 2.05) is 0 Å². The highest BCUT2D eigenvalue weighted by Gasteiger charge is 2.48. The predicted octanol–water partition coefficient (Wildman–Crippen LogP) is 3.01. The van der Waals surface area contributed by atoms with Gasteiger partial charge in [0, 0.05) is 23.6 Å². The van der Waals surface area contributed by atoms with Gasteiger partial charge in [0.2, 0.25) is 0 Å². The maximum atomic E-state index is 14.4. The first kappa shape index (κ1) is 21.6. The zero-order valence-electron chi connectivity index (χ0n) is 16.3. The molecule has 1 aliphatic carbocycles. The Morgan fingerprint density at radius 2 is 2.03 bits per heavy atom. The number of carbonyl (C=O) groups is 1. The monoisotopic (exact) mass is 425 g/mol. The van der Waals surface area contributed by atoms with Gasteiger partial charge in [-0.3, -0.25) is 14.9 Å². The highest BCUT2D eigenvalue weighted by atomic mass is 19.3. The molecular weight excluding hydrogens is 404 g/mol. The lowest BCUT2D eigenvalue weighted by atomic mass is 10.0. The van der Waals surface area contributed by atoms with Crippen LogP contribution in [0.3, 0.4) is 0 Å². The van der Waals surface area contributed by atoms with Crippen LogP contribution in [0.2, 0.25) is 0 Å². The summed E-state index contributed by atoms with van der Waals surface area (Å²) in [6.45, 7) is 1.80. The Morgan fingerprint density at radius 1 is 1.40 bits per heavy atom. The molecular formula is C19H21F2N3O6. The minimum Gasteiger partial charge on any atom is -0.477 e. The molecule has 0 amide bonds. The summed E-state index contributed by atoms with van der Waals surface area (Å²) in [4.78, 5) is 35.5. The van der Waals surface area contributed by atoms with Gasteiger partial charge in [-0.15, -0.1) is 0 Å². The van der Waals surface area contributed by atoms with Gasteiger partial charge in [0.05, 0.1) is 22.2 Å². The van der Waals surface area contributed by atoms with Crippen molar-refractivity contribution in [2.75, 3.05) is 11.9 Å². The zero-order valence-corrected chi connectivity index (χ0v) is 16.3. The van der Waals surface area contributed by atoms with Crippen LogP contribution in [-0.4, -0.2) is 44.2 Å². The fourth-order valence-corrected chi connectivity index (χ4v) is 3.63. The molecule has 1 aliphatic rings. The molecule has 1 unspecified atom stereocenters. The maximum Gasteiger partial charge on any atom is 0.343 e. The first-order valence-electron chi connectivity index (χ1n) is 9.34. The lowest BCUT2D eigenvalue weighted by Gasteiger charge is -2.29. The number of nitro benzene ring substituents is 1. The van der Waals surface area contributed by atoms with Gasteiger partial charge in [0.1, 0.15) is 12.2 Å². The molecule has 1 heterocycles. The summed E-state index contributed by atoms with van der Waals surface area (Å²) < 4.78 is 29.9. The third-order valence-corrected chi connectivity index (χ3v) is 5.19. The van der Waals surface area contributed by atoms with Gasteiger partial charge in [-0.25, -0.2) is 13.6 Å². The van der Waals surface area contributed by atoms with E-state index in [0.717, 1.165) is 16.7 Å². The summed E-state index contributed by atoms with van der Waals surface area (Å²) in [6, 6.07) is 1.39. The Kier molecular flexibility index (Phi) is 5.50. The van der Waals surface area contributed by atoms with Crippen LogP contribution >= 0.6 is 0 Å². The number of fused-ring (bicyclic) bond motifs is 1. The number of non-ortho nitro benzene ring substituents is 1. The van der Waals surface area contributed by atoms with Gasteiger partial charge >= 0.3 is 5.97 Å². The molecule has 0 aliphatic heterocycles. The summed E-state index contributed by atoms with van der Waals surface area (Å²) in [7, 11) is 0. The molecule has 11 heteroatoms. The Morgan fingerprint density at radius 3 is 2.50 bits per heavy atom. The largest absolute Gasteiger partial charge is 0.477 e. The van der Waals surface area contributed by atoms with E-state index in [-0.39, 0.29) is 16.6 Å². The van der Waals surface area contributed by atoms with E-state index in [2.05, 4.69) is 5.32 Å². The van der Waals surface area contributed by atoms with Crippen molar-refractivity contribution >= 4 is 28.2 Å². The lowest BCUT2D eigenvalue weighted by molar-refractivity contribution is -0.384. The number of hydrogen-bond acceptors (Lipinski definition) is 6. The van der Waals surface area contributed by atoms with Crippen LogP contribution in [0, 0.1) is 16.0 Å². The second-order valence-corrected chi connectivity index (χ2v) is 7.66. The number of nitro groups is 1. The van der Waals surface area contributed by atoms with Crippen LogP contribution in [0.1, 0.15) is 43.1 Å². The third-order valence-electron chi connectivity index (χ3n) is 5.19. The number of anilines is 1. The van der Waals surface area contributed by atoms with Crippen molar-refractivity contribution in [3.05, 3.63) is 44.2 Å². The molecule has 3 N–H and O–H groups in total. The van der Waals surface area contributed by atoms with Crippen LogP contribution in [0.5, 0.6) is 0 Å². The van der Waals surface area contributed by atoms with Crippen LogP contribution in [0.15, 0.2) is 23.0 Å². The van der Waals surface area contributed by atoms with Crippen LogP contribution in [-0.2, 0) is 0 Å². The first-order valence-corrected chi connectivity index (χ1v) is 9.34. The van der Waals surface area contributed by atoms with Crippen molar-refractivity contribution in [3.63, 3.8) is 0 Å². The summed E-state index contributed by atoms with van der Waals surface area (Å²) in [5.74, 6) is -5.76. The molecule has 0 spiro atoms. The molecule has 1 saturated carbocycles. The quantitative estimate of drug-likeness (QED) is 0.437. The van der Waals surface area contributed by atoms with E-state index < -0.39 is 58.2 Å². The summed E-state index contributed by atoms with van der Waals surface area (Å²) >= 11 is 0. The van der Waals surface area contributed by atoms with Gasteiger partial charge < -0.3 is 20.1 Å². The first-order chi connectivity index (χ1) is 14.0. The summed E-state index contributed by atoms with van der Waals surface area (Å²) in [5, 5.41) is 32.5. The number of rotatable bonds is 8. The highest BCUT2D eigenvalue weighted by Crippen LogP contribution is 2.42. The summed E-state index contributed by atoms with van der Waals surface area (Å²) in [6.07, 6.45) is 0.883. The molecule has 2 aromatic rings. The SMILES string of the molecule is CC(C)n1c(=O)c(C(=O)O)c(NC(C2CC2)C(F)(F)CO)c2cc([N+](=O)[O-])ccc21. The molecule has 0 radical (unpaired) electrons. The number of alkyl halides is 2. The molecule has 1 aromatic carbocycles. The minimum absolute atomic E-state index is 0.0331. The molecule has 162 valence electrons. The van der Waals surface area contributed by atoms with E-state index >= 15 is 0 Å². The Labute approximate surface area is 169 Å². The van der Waals surface area contributed by atoms with Crippen LogP contribution in [0.4, 0.5) is 20.2 Å². The number of halogens is 2. The zero-order chi connectivity index (χ0) is 22.4. The average molecular weight is 425 g/mol. The smallest absolute Gasteiger partial charge is 0.343 e. The normalized spacial score (nSPS) is 15.4. The molecule has 1 atom stereocenters. The number of hydrogen-bond donors (Lipinski definition) is 3. The Bertz CT molecular complexity index is 1080. The average Bonchev–Trinajstić information content (AvgIpc) is 3.49. The van der Waals surface area contributed by atoms with Crippen molar-refractivity contribution in [1.29, 1.82) is 0 Å². The maximum absolute atomic E-state index is 14.4. The summed E-state index contributed by atoms with van der Waals surface area (Å²) in [5.41, 5.74) is -2.31. The topological polar surface area (TPSA) is 135 Å². The molecule has 0 bridgehead atoms. The third kappa shape index (κ3) is 3.72. The highest BCUT2D eigenvalue weighted by molar-refractivity contribution is 6.05. The Balaban J connectivity index is 2.37. The fourth-order valence-electron chi connectivity index (χ4n) is 3.63. The van der Waals surface area contributed by atoms with E-state index in [0.29, 0.717) is 12.8 Å². The van der Waals surface area contributed by atoms with E-state index in [1.165, 1.54) is 6.07 Å². The Hall–Kier alpha value is -3.08.